The molecular weight excluding hydrogens is 251 g/mol. The first kappa shape index (κ1) is 13.7. The van der Waals surface area contributed by atoms with Gasteiger partial charge in [-0.1, -0.05) is 0 Å². The van der Waals surface area contributed by atoms with Gasteiger partial charge in [0.2, 0.25) is 0 Å². The molecule has 0 spiro atoms. The van der Waals surface area contributed by atoms with Gasteiger partial charge in [-0.3, -0.25) is 4.98 Å². The van der Waals surface area contributed by atoms with Gasteiger partial charge in [-0.2, -0.15) is 13.2 Å². The van der Waals surface area contributed by atoms with E-state index in [4.69, 9.17) is 10.8 Å². The summed E-state index contributed by atoms with van der Waals surface area (Å²) in [5.41, 5.74) is 2.14. The number of aliphatic carboxylic acids is 1. The summed E-state index contributed by atoms with van der Waals surface area (Å²) in [5.74, 6) is -1.80. The highest BCUT2D eigenvalue weighted by Crippen LogP contribution is 2.25. The van der Waals surface area contributed by atoms with Gasteiger partial charge in [-0.05, 0) is 12.1 Å². The fourth-order valence-electron chi connectivity index (χ4n) is 1.08. The van der Waals surface area contributed by atoms with Crippen molar-refractivity contribution in [2.45, 2.75) is 6.18 Å². The molecule has 8 heteroatoms. The number of alkyl halides is 3. The summed E-state index contributed by atoms with van der Waals surface area (Å²) in [5, 5.41) is 8.64. The molecule has 1 aromatic rings. The highest BCUT2D eigenvalue weighted by atomic mass is 19.4. The molecule has 0 aliphatic rings. The van der Waals surface area contributed by atoms with Crippen molar-refractivity contribution in [3.8, 4) is 0 Å². The maximum atomic E-state index is 12.7. The van der Waals surface area contributed by atoms with Crippen LogP contribution in [0.2, 0.25) is 0 Å². The molecule has 0 aromatic carbocycles. The van der Waals surface area contributed by atoms with Crippen LogP contribution in [0.5, 0.6) is 0 Å². The summed E-state index contributed by atoms with van der Waals surface area (Å²) in [6.07, 6.45) is -2.10. The number of pyridine rings is 1. The molecular formula is C10H8F3N3O2. The van der Waals surface area contributed by atoms with E-state index in [0.29, 0.717) is 6.20 Å². The number of carboxylic acid groups (broad SMARTS) is 1. The van der Waals surface area contributed by atoms with Gasteiger partial charge >= 0.3 is 12.1 Å². The summed E-state index contributed by atoms with van der Waals surface area (Å²) >= 11 is 0. The minimum Gasteiger partial charge on any atom is -0.478 e. The average Bonchev–Trinajstić information content (AvgIpc) is 2.28. The highest BCUT2D eigenvalue weighted by molar-refractivity contribution is 6.21. The molecule has 0 bridgehead atoms. The fraction of sp³-hybridized carbons (Fsp3) is 0.100. The van der Waals surface area contributed by atoms with Crippen molar-refractivity contribution in [2.24, 2.45) is 10.7 Å². The van der Waals surface area contributed by atoms with Crippen LogP contribution in [0, 0.1) is 0 Å². The molecule has 0 amide bonds. The molecule has 1 aromatic heterocycles. The summed E-state index contributed by atoms with van der Waals surface area (Å²) in [6, 6.07) is 2.42. The Morgan fingerprint density at radius 3 is 2.33 bits per heavy atom. The number of aromatic nitrogens is 1. The lowest BCUT2D eigenvalue weighted by Gasteiger charge is -2.10. The van der Waals surface area contributed by atoms with Crippen LogP contribution in [0.4, 0.5) is 18.9 Å². The van der Waals surface area contributed by atoms with Gasteiger partial charge in [-0.25, -0.2) is 9.79 Å². The third-order valence-corrected chi connectivity index (χ3v) is 1.82. The second-order valence-electron chi connectivity index (χ2n) is 3.05. The largest absolute Gasteiger partial charge is 0.478 e. The number of rotatable bonds is 3. The second kappa shape index (κ2) is 5.30. The minimum atomic E-state index is -4.92. The Labute approximate surface area is 99.5 Å². The lowest BCUT2D eigenvalue weighted by atomic mass is 10.1. The molecule has 0 saturated carbocycles. The van der Waals surface area contributed by atoms with Crippen LogP contribution in [0.25, 0.3) is 0 Å². The minimum absolute atomic E-state index is 0.0714. The maximum absolute atomic E-state index is 12.7. The number of carbonyl (C=O) groups is 1. The summed E-state index contributed by atoms with van der Waals surface area (Å²) in [6.45, 7) is 0. The van der Waals surface area contributed by atoms with Crippen molar-refractivity contribution in [3.05, 3.63) is 36.3 Å². The SMILES string of the molecule is NC=C(C(=O)O)C(=Nc1ccncc1)C(F)(F)F. The number of hydrogen-bond donors (Lipinski definition) is 2. The highest BCUT2D eigenvalue weighted by Gasteiger charge is 2.40. The number of aliphatic imine (C=N–C) groups is 1. The van der Waals surface area contributed by atoms with Crippen LogP contribution in [0.3, 0.4) is 0 Å². The molecule has 0 radical (unpaired) electrons. The molecule has 18 heavy (non-hydrogen) atoms. The summed E-state index contributed by atoms with van der Waals surface area (Å²) in [7, 11) is 0. The van der Waals surface area contributed by atoms with Gasteiger partial charge in [0.1, 0.15) is 5.57 Å². The summed E-state index contributed by atoms with van der Waals surface area (Å²) < 4.78 is 38.1. The number of carboxylic acids is 1. The molecule has 0 aliphatic carbocycles. The van der Waals surface area contributed by atoms with Crippen LogP contribution < -0.4 is 5.73 Å². The first-order chi connectivity index (χ1) is 8.36. The van der Waals surface area contributed by atoms with E-state index in [1.807, 2.05) is 0 Å². The number of hydrogen-bond acceptors (Lipinski definition) is 4. The predicted molar refractivity (Wildman–Crippen MR) is 57.3 cm³/mol. The lowest BCUT2D eigenvalue weighted by Crippen LogP contribution is -2.29. The first-order valence-electron chi connectivity index (χ1n) is 4.57. The zero-order valence-corrected chi connectivity index (χ0v) is 8.85. The van der Waals surface area contributed by atoms with Crippen LogP contribution in [-0.2, 0) is 4.79 Å². The number of halogens is 3. The van der Waals surface area contributed by atoms with Crippen molar-refractivity contribution in [3.63, 3.8) is 0 Å². The molecule has 3 N–H and O–H groups in total. The Balaban J connectivity index is 3.32. The smallest absolute Gasteiger partial charge is 0.434 e. The van der Waals surface area contributed by atoms with E-state index in [1.54, 1.807) is 0 Å². The van der Waals surface area contributed by atoms with Crippen molar-refractivity contribution in [1.29, 1.82) is 0 Å². The Morgan fingerprint density at radius 2 is 1.94 bits per heavy atom. The van der Waals surface area contributed by atoms with Gasteiger partial charge in [0.25, 0.3) is 0 Å². The van der Waals surface area contributed by atoms with Gasteiger partial charge in [0.15, 0.2) is 5.71 Å². The van der Waals surface area contributed by atoms with E-state index in [-0.39, 0.29) is 5.69 Å². The Morgan fingerprint density at radius 1 is 1.39 bits per heavy atom. The summed E-state index contributed by atoms with van der Waals surface area (Å²) in [4.78, 5) is 17.5. The third kappa shape index (κ3) is 3.30. The van der Waals surface area contributed by atoms with Crippen LogP contribution in [0.15, 0.2) is 41.3 Å². The van der Waals surface area contributed by atoms with Gasteiger partial charge < -0.3 is 10.8 Å². The van der Waals surface area contributed by atoms with Gasteiger partial charge in [-0.15, -0.1) is 0 Å². The third-order valence-electron chi connectivity index (χ3n) is 1.82. The molecule has 1 heterocycles. The molecule has 96 valence electrons. The number of nitrogens with zero attached hydrogens (tertiary/aromatic N) is 2. The van der Waals surface area contributed by atoms with Crippen LogP contribution in [0.1, 0.15) is 0 Å². The van der Waals surface area contributed by atoms with E-state index in [2.05, 4.69) is 9.98 Å². The standard InChI is InChI=1S/C10H8F3N3O2/c11-10(12,13)8(7(5-14)9(17)18)16-6-1-3-15-4-2-6/h1-5H,14H2,(H,17,18). The van der Waals surface area contributed by atoms with Gasteiger partial charge in [0, 0.05) is 18.6 Å². The topological polar surface area (TPSA) is 88.6 Å². The Bertz CT molecular complexity index is 495. The molecule has 0 saturated heterocycles. The van der Waals surface area contributed by atoms with E-state index in [9.17, 15) is 18.0 Å². The molecule has 0 atom stereocenters. The first-order valence-corrected chi connectivity index (χ1v) is 4.57. The van der Waals surface area contributed by atoms with Crippen LogP contribution in [-0.4, -0.2) is 27.9 Å². The molecule has 1 rings (SSSR count). The quantitative estimate of drug-likeness (QED) is 0.638. The van der Waals surface area contributed by atoms with E-state index < -0.39 is 23.4 Å². The van der Waals surface area contributed by atoms with Gasteiger partial charge in [0.05, 0.1) is 5.69 Å². The van der Waals surface area contributed by atoms with E-state index >= 15 is 0 Å². The second-order valence-corrected chi connectivity index (χ2v) is 3.05. The van der Waals surface area contributed by atoms with Crippen LogP contribution >= 0.6 is 0 Å². The number of nitrogens with two attached hydrogens (primary N) is 1. The van der Waals surface area contributed by atoms with E-state index in [1.165, 1.54) is 24.5 Å². The monoisotopic (exact) mass is 259 g/mol. The Kier molecular flexibility index (Phi) is 4.03. The van der Waals surface area contributed by atoms with Crippen molar-refractivity contribution < 1.29 is 23.1 Å². The zero-order valence-electron chi connectivity index (χ0n) is 8.85. The lowest BCUT2D eigenvalue weighted by molar-refractivity contribution is -0.132. The molecule has 0 aliphatic heterocycles. The maximum Gasteiger partial charge on any atom is 0.434 e. The van der Waals surface area contributed by atoms with E-state index in [0.717, 1.165) is 0 Å². The fourth-order valence-corrected chi connectivity index (χ4v) is 1.08. The average molecular weight is 259 g/mol. The molecule has 0 fully saturated rings. The van der Waals surface area contributed by atoms with Crippen molar-refractivity contribution >= 4 is 17.4 Å². The molecule has 5 nitrogen and oxygen atoms in total. The normalized spacial score (nSPS) is 13.5. The van der Waals surface area contributed by atoms with Crippen molar-refractivity contribution in [2.75, 3.05) is 0 Å². The Hall–Kier alpha value is -2.38. The predicted octanol–water partition coefficient (Wildman–Crippen LogP) is 1.64. The van der Waals surface area contributed by atoms with Crippen molar-refractivity contribution in [1.82, 2.24) is 4.98 Å². The molecule has 0 unspecified atom stereocenters. The zero-order chi connectivity index (χ0) is 13.8.